The summed E-state index contributed by atoms with van der Waals surface area (Å²) < 4.78 is 2.57. The Morgan fingerprint density at radius 1 is 0.963 bits per heavy atom. The molecule has 0 unspecified atom stereocenters. The molecule has 5 aromatic rings. The van der Waals surface area contributed by atoms with Crippen molar-refractivity contribution >= 4 is 73.8 Å². The van der Waals surface area contributed by atoms with E-state index < -0.39 is 63.6 Å². The molecule has 0 bridgehead atoms. The van der Waals surface area contributed by atoms with Gasteiger partial charge in [0.1, 0.15) is 17.3 Å². The van der Waals surface area contributed by atoms with Crippen LogP contribution < -0.4 is 9.80 Å². The number of rotatable bonds is 5. The molecule has 1 saturated carbocycles. The Hall–Kier alpha value is -5.66. The number of benzene rings is 3. The molecule has 9 rings (SSSR count). The van der Waals surface area contributed by atoms with Crippen molar-refractivity contribution in [2.75, 3.05) is 9.80 Å². The highest BCUT2D eigenvalue weighted by atomic mass is 35.5. The third-order valence-corrected chi connectivity index (χ3v) is 13.5. The number of phenols is 1. The van der Waals surface area contributed by atoms with Crippen molar-refractivity contribution in [2.24, 2.45) is 36.1 Å². The number of aryl methyl sites for hydroxylation is 2. The van der Waals surface area contributed by atoms with Gasteiger partial charge < -0.3 is 5.11 Å². The smallest absolute Gasteiger partial charge is 0.269 e. The normalized spacial score (nSPS) is 26.3. The molecule has 4 amide bonds. The van der Waals surface area contributed by atoms with Gasteiger partial charge >= 0.3 is 0 Å². The van der Waals surface area contributed by atoms with E-state index in [1.807, 2.05) is 37.3 Å². The highest BCUT2D eigenvalue weighted by Gasteiger charge is 2.68. The maximum absolute atomic E-state index is 15.0. The Kier molecular flexibility index (Phi) is 7.54. The number of nitro groups is 1. The molecule has 3 aromatic carbocycles. The molecule has 2 saturated heterocycles. The first kappa shape index (κ1) is 34.1. The Morgan fingerprint density at radius 2 is 1.72 bits per heavy atom. The second kappa shape index (κ2) is 11.9. The zero-order chi connectivity index (χ0) is 38.0. The summed E-state index contributed by atoms with van der Waals surface area (Å²) >= 11 is 7.84. The number of nitrogens with zero attached hydrogens (tertiary/aromatic N) is 5. The van der Waals surface area contributed by atoms with Crippen molar-refractivity contribution in [3.63, 3.8) is 0 Å². The highest BCUT2D eigenvalue weighted by molar-refractivity contribution is 7.22. The van der Waals surface area contributed by atoms with Crippen molar-refractivity contribution < 1.29 is 29.2 Å². The highest BCUT2D eigenvalue weighted by Crippen LogP contribution is 2.64. The zero-order valence-corrected chi connectivity index (χ0v) is 30.8. The van der Waals surface area contributed by atoms with Gasteiger partial charge in [-0.15, -0.1) is 11.3 Å². The summed E-state index contributed by atoms with van der Waals surface area (Å²) in [6.45, 7) is 3.78. The van der Waals surface area contributed by atoms with E-state index in [2.05, 4.69) is 0 Å². The molecule has 4 heterocycles. The summed E-state index contributed by atoms with van der Waals surface area (Å²) in [4.78, 5) is 72.0. The largest absolute Gasteiger partial charge is 0.508 e. The van der Waals surface area contributed by atoms with Crippen LogP contribution in [0.4, 0.5) is 17.2 Å². The van der Waals surface area contributed by atoms with E-state index in [0.29, 0.717) is 22.1 Å². The summed E-state index contributed by atoms with van der Waals surface area (Å²) in [5, 5.41) is 28.3. The molecule has 0 spiro atoms. The number of nitro benzene ring substituents is 1. The summed E-state index contributed by atoms with van der Waals surface area (Å²) in [6.07, 6.45) is 2.32. The zero-order valence-electron chi connectivity index (χ0n) is 29.2. The van der Waals surface area contributed by atoms with Crippen LogP contribution in [0.3, 0.4) is 0 Å². The number of hydrogen-bond acceptors (Lipinski definition) is 9. The Labute approximate surface area is 317 Å². The molecule has 0 radical (unpaired) electrons. The van der Waals surface area contributed by atoms with E-state index in [4.69, 9.17) is 16.7 Å². The minimum absolute atomic E-state index is 0.00887. The molecule has 4 aliphatic rings. The minimum Gasteiger partial charge on any atom is -0.508 e. The Morgan fingerprint density at radius 3 is 2.44 bits per heavy atom. The van der Waals surface area contributed by atoms with Crippen LogP contribution in [0.2, 0.25) is 5.02 Å². The third kappa shape index (κ3) is 4.70. The van der Waals surface area contributed by atoms with E-state index in [-0.39, 0.29) is 30.0 Å². The topological polar surface area (TPSA) is 156 Å². The van der Waals surface area contributed by atoms with E-state index in [0.717, 1.165) is 31.0 Å². The molecule has 6 atom stereocenters. The molecule has 2 aliphatic heterocycles. The Balaban J connectivity index is 1.13. The maximum atomic E-state index is 15.0. The van der Waals surface area contributed by atoms with E-state index in [9.17, 15) is 29.6 Å². The van der Waals surface area contributed by atoms with Crippen LogP contribution in [0.25, 0.3) is 20.7 Å². The predicted octanol–water partition coefficient (Wildman–Crippen LogP) is 7.31. The maximum Gasteiger partial charge on any atom is 0.269 e. The second-order valence-electron chi connectivity index (χ2n) is 14.7. The number of aromatic hydroxyl groups is 1. The fourth-order valence-corrected chi connectivity index (χ4v) is 10.8. The van der Waals surface area contributed by atoms with Crippen LogP contribution in [0.5, 0.6) is 5.75 Å². The van der Waals surface area contributed by atoms with Crippen LogP contribution in [0, 0.1) is 46.1 Å². The number of carbonyl (C=O) groups is 4. The fraction of sp³-hybridized carbons (Fsp3) is 0.275. The summed E-state index contributed by atoms with van der Waals surface area (Å²) in [7, 11) is 1.69. The number of hydrogen-bond donors (Lipinski definition) is 1. The standard InChI is InChI=1S/C40H32ClN5O7S/c1-19-27-16-21(41)7-14-31(27)54-35(19)30-18-32(43(3)42-30)45-37(49)29-17-28-25(34(40(29,2)39(45)51)20-5-4-6-24(47)15-20)12-13-26-33(28)38(50)44(36(26)48)22-8-10-23(11-9-22)46(52)53/h4-12,14-16,18,26,28-29,33-34,47H,13,17H2,1-3H3/t26-,28+,29-,33-,34-,40+/m0/s1. The number of phenolic OH excluding ortho intramolecular Hbond substituents is 1. The van der Waals surface area contributed by atoms with Gasteiger partial charge in [-0.25, -0.2) is 4.90 Å². The average molecular weight is 762 g/mol. The van der Waals surface area contributed by atoms with Crippen LogP contribution in [0.15, 0.2) is 84.4 Å². The fourth-order valence-electron chi connectivity index (χ4n) is 9.51. The number of amides is 4. The van der Waals surface area contributed by atoms with Gasteiger partial charge in [-0.05, 0) is 91.6 Å². The minimum atomic E-state index is -1.31. The number of carbonyl (C=O) groups excluding carboxylic acids is 4. The van der Waals surface area contributed by atoms with Gasteiger partial charge in [-0.3, -0.25) is 38.9 Å². The average Bonchev–Trinajstić information content (AvgIpc) is 3.81. The molecule has 1 N–H and O–H groups in total. The van der Waals surface area contributed by atoms with Crippen molar-refractivity contribution in [3.8, 4) is 16.3 Å². The first-order valence-electron chi connectivity index (χ1n) is 17.5. The lowest BCUT2D eigenvalue weighted by molar-refractivity contribution is -0.384. The van der Waals surface area contributed by atoms with Crippen molar-refractivity contribution in [1.82, 2.24) is 9.78 Å². The molecule has 12 nitrogen and oxygen atoms in total. The van der Waals surface area contributed by atoms with Gasteiger partial charge in [-0.1, -0.05) is 35.4 Å². The lowest BCUT2D eigenvalue weighted by Crippen LogP contribution is -2.48. The SMILES string of the molecule is Cc1c(-c2cc(N3C(=O)[C@@H]4C[C@@H]5C(=CC[C@@H]6C(=O)N(c7ccc([N+](=O)[O-])cc7)C(=O)[C@@H]65)[C@H](c5cccc(O)c5)[C@]4(C)C3=O)n(C)n2)sc2ccc(Cl)cc12. The number of halogens is 1. The monoisotopic (exact) mass is 761 g/mol. The van der Waals surface area contributed by atoms with Gasteiger partial charge in [0.2, 0.25) is 23.6 Å². The predicted molar refractivity (Wildman–Crippen MR) is 202 cm³/mol. The van der Waals surface area contributed by atoms with Crippen LogP contribution >= 0.6 is 22.9 Å². The number of non-ortho nitro benzene ring substituents is 1. The molecule has 14 heteroatoms. The third-order valence-electron chi connectivity index (χ3n) is 12.0. The number of thiophene rings is 1. The van der Waals surface area contributed by atoms with E-state index >= 15 is 4.79 Å². The van der Waals surface area contributed by atoms with Gasteiger partial charge in [0.05, 0.1) is 38.7 Å². The van der Waals surface area contributed by atoms with Crippen LogP contribution in [-0.2, 0) is 26.2 Å². The molecular weight excluding hydrogens is 730 g/mol. The van der Waals surface area contributed by atoms with E-state index in [1.165, 1.54) is 39.9 Å². The quantitative estimate of drug-likeness (QED) is 0.0846. The molecule has 3 fully saturated rings. The molecular formula is C40H32ClN5O7S. The van der Waals surface area contributed by atoms with Crippen molar-refractivity contribution in [2.45, 2.75) is 32.6 Å². The molecule has 272 valence electrons. The van der Waals surface area contributed by atoms with E-state index in [1.54, 1.807) is 43.5 Å². The second-order valence-corrected chi connectivity index (χ2v) is 16.2. The van der Waals surface area contributed by atoms with Gasteiger partial charge in [-0.2, -0.15) is 5.10 Å². The summed E-state index contributed by atoms with van der Waals surface area (Å²) in [6, 6.07) is 19.4. The molecule has 2 aromatic heterocycles. The summed E-state index contributed by atoms with van der Waals surface area (Å²) in [5.74, 6) is -5.06. The number of allylic oxidation sites excluding steroid dienone is 2. The van der Waals surface area contributed by atoms with Crippen LogP contribution in [-0.4, -0.2) is 43.4 Å². The van der Waals surface area contributed by atoms with Gasteiger partial charge in [0, 0.05) is 40.9 Å². The van der Waals surface area contributed by atoms with Crippen LogP contribution in [0.1, 0.15) is 36.8 Å². The van der Waals surface area contributed by atoms with Gasteiger partial charge in [0.15, 0.2) is 0 Å². The number of imide groups is 2. The molecule has 54 heavy (non-hydrogen) atoms. The Bertz CT molecular complexity index is 2540. The first-order valence-corrected chi connectivity index (χ1v) is 18.7. The van der Waals surface area contributed by atoms with Crippen molar-refractivity contribution in [3.05, 3.63) is 111 Å². The molecule has 2 aliphatic carbocycles. The van der Waals surface area contributed by atoms with Gasteiger partial charge in [0.25, 0.3) is 5.69 Å². The number of fused-ring (bicyclic) bond motifs is 5. The number of anilines is 2. The summed E-state index contributed by atoms with van der Waals surface area (Å²) in [5.41, 5.74) is 1.74. The number of aromatic nitrogens is 2. The lowest BCUT2D eigenvalue weighted by atomic mass is 9.51. The lowest BCUT2D eigenvalue weighted by Gasteiger charge is -2.49. The van der Waals surface area contributed by atoms with Crippen molar-refractivity contribution in [1.29, 1.82) is 0 Å². The first-order chi connectivity index (χ1) is 25.8.